The highest BCUT2D eigenvalue weighted by molar-refractivity contribution is 8.05. The highest BCUT2D eigenvalue weighted by Gasteiger charge is 2.42. The van der Waals surface area contributed by atoms with Crippen LogP contribution in [-0.2, 0) is 4.79 Å². The van der Waals surface area contributed by atoms with Crippen molar-refractivity contribution in [1.82, 2.24) is 4.90 Å². The Morgan fingerprint density at radius 1 is 1.11 bits per heavy atom. The molecule has 2 aromatic rings. The van der Waals surface area contributed by atoms with E-state index in [0.29, 0.717) is 5.92 Å². The van der Waals surface area contributed by atoms with E-state index in [1.165, 1.54) is 19.3 Å². The van der Waals surface area contributed by atoms with Gasteiger partial charge < -0.3 is 15.3 Å². The van der Waals surface area contributed by atoms with Gasteiger partial charge in [0.25, 0.3) is 5.91 Å². The molecule has 2 aromatic carbocycles. The molecule has 28 heavy (non-hydrogen) atoms. The number of hydrogen-bond donors (Lipinski definition) is 2. The Morgan fingerprint density at radius 2 is 1.89 bits per heavy atom. The zero-order chi connectivity index (χ0) is 19.5. The number of rotatable bonds is 4. The maximum Gasteiger partial charge on any atom is 0.262 e. The lowest BCUT2D eigenvalue weighted by atomic mass is 9.85. The van der Waals surface area contributed by atoms with E-state index in [4.69, 9.17) is 0 Å². The second-order valence-electron chi connectivity index (χ2n) is 7.63. The lowest BCUT2D eigenvalue weighted by Gasteiger charge is -2.39. The van der Waals surface area contributed by atoms with Gasteiger partial charge in [-0.1, -0.05) is 61.9 Å². The maximum atomic E-state index is 13.4. The van der Waals surface area contributed by atoms with E-state index in [1.54, 1.807) is 30.0 Å². The molecular weight excluding hydrogens is 368 g/mol. The van der Waals surface area contributed by atoms with Crippen molar-refractivity contribution in [2.75, 3.05) is 5.32 Å². The summed E-state index contributed by atoms with van der Waals surface area (Å²) in [5, 5.41) is 13.3. The van der Waals surface area contributed by atoms with Gasteiger partial charge in [0, 0.05) is 11.7 Å². The van der Waals surface area contributed by atoms with Crippen molar-refractivity contribution in [1.29, 1.82) is 0 Å². The predicted octanol–water partition coefficient (Wildman–Crippen LogP) is 5.28. The summed E-state index contributed by atoms with van der Waals surface area (Å²) in [5.41, 5.74) is 1.73. The Morgan fingerprint density at radius 3 is 2.64 bits per heavy atom. The summed E-state index contributed by atoms with van der Waals surface area (Å²) < 4.78 is 0. The monoisotopic (exact) mass is 394 g/mol. The molecule has 0 bridgehead atoms. The van der Waals surface area contributed by atoms with E-state index < -0.39 is 0 Å². The van der Waals surface area contributed by atoms with Gasteiger partial charge in [0.05, 0.1) is 4.91 Å². The third kappa shape index (κ3) is 4.04. The zero-order valence-electron chi connectivity index (χ0n) is 16.0. The highest BCUT2D eigenvalue weighted by Crippen LogP contribution is 2.42. The van der Waals surface area contributed by atoms with E-state index in [1.807, 2.05) is 42.5 Å². The quantitative estimate of drug-likeness (QED) is 0.693. The van der Waals surface area contributed by atoms with Crippen LogP contribution in [0.5, 0.6) is 5.75 Å². The molecule has 1 unspecified atom stereocenters. The number of carbonyl (C=O) groups excluding carboxylic acids is 1. The summed E-state index contributed by atoms with van der Waals surface area (Å²) in [4.78, 5) is 16.1. The number of anilines is 1. The Labute approximate surface area is 170 Å². The third-order valence-electron chi connectivity index (χ3n) is 5.59. The summed E-state index contributed by atoms with van der Waals surface area (Å²) >= 11 is 1.56. The third-order valence-corrected chi connectivity index (χ3v) is 6.71. The standard InChI is InChI=1S/C23H26N2O2S/c1-16-8-5-6-13-20(16)25-22(27)21(15-17-9-7-12-19(26)14-17)28-23(25)24-18-10-3-2-4-11-18/h2-4,7,9-12,14-16,20,23-24,26H,5-6,8,13H2,1H3/b21-15-/t16-,20-,23?/m1/s1. The molecular formula is C23H26N2O2S. The number of thioether (sulfide) groups is 1. The number of benzene rings is 2. The first kappa shape index (κ1) is 18.9. The maximum absolute atomic E-state index is 13.4. The molecule has 4 nitrogen and oxygen atoms in total. The fourth-order valence-electron chi connectivity index (χ4n) is 4.13. The molecule has 3 atom stereocenters. The molecule has 1 aliphatic heterocycles. The van der Waals surface area contributed by atoms with Crippen molar-refractivity contribution >= 4 is 29.4 Å². The van der Waals surface area contributed by atoms with Crippen molar-refractivity contribution in [3.05, 3.63) is 65.1 Å². The molecule has 4 rings (SSSR count). The zero-order valence-corrected chi connectivity index (χ0v) is 16.9. The predicted molar refractivity (Wildman–Crippen MR) is 116 cm³/mol. The molecule has 2 aliphatic rings. The summed E-state index contributed by atoms with van der Waals surface area (Å²) in [6.45, 7) is 2.26. The van der Waals surface area contributed by atoms with Crippen LogP contribution in [-0.4, -0.2) is 27.5 Å². The van der Waals surface area contributed by atoms with Crippen LogP contribution in [0.15, 0.2) is 59.5 Å². The lowest BCUT2D eigenvalue weighted by molar-refractivity contribution is -0.129. The van der Waals surface area contributed by atoms with Gasteiger partial charge in [-0.2, -0.15) is 0 Å². The lowest BCUT2D eigenvalue weighted by Crippen LogP contribution is -2.48. The van der Waals surface area contributed by atoms with Gasteiger partial charge in [-0.05, 0) is 54.7 Å². The molecule has 1 saturated carbocycles. The smallest absolute Gasteiger partial charge is 0.262 e. The SMILES string of the molecule is C[C@@H]1CCCC[C@H]1N1C(=O)/C(=C/c2cccc(O)c2)SC1Nc1ccccc1. The van der Waals surface area contributed by atoms with Gasteiger partial charge in [-0.25, -0.2) is 0 Å². The number of phenols is 1. The average Bonchev–Trinajstić information content (AvgIpc) is 2.98. The number of aromatic hydroxyl groups is 1. The summed E-state index contributed by atoms with van der Waals surface area (Å²) in [6, 6.07) is 17.3. The van der Waals surface area contributed by atoms with Crippen LogP contribution in [0.4, 0.5) is 5.69 Å². The summed E-state index contributed by atoms with van der Waals surface area (Å²) in [6.07, 6.45) is 6.53. The van der Waals surface area contributed by atoms with Gasteiger partial charge in [0.1, 0.15) is 5.75 Å². The molecule has 0 spiro atoms. The normalized spacial score (nSPS) is 26.6. The minimum absolute atomic E-state index is 0.0838. The first-order valence-electron chi connectivity index (χ1n) is 9.93. The van der Waals surface area contributed by atoms with Crippen LogP contribution in [0.3, 0.4) is 0 Å². The second kappa shape index (κ2) is 8.31. The minimum Gasteiger partial charge on any atom is -0.508 e. The van der Waals surface area contributed by atoms with E-state index in [2.05, 4.69) is 17.1 Å². The molecule has 146 valence electrons. The minimum atomic E-state index is -0.121. The van der Waals surface area contributed by atoms with E-state index in [9.17, 15) is 9.90 Å². The fourth-order valence-corrected chi connectivity index (χ4v) is 5.34. The molecule has 1 heterocycles. The van der Waals surface area contributed by atoms with Crippen LogP contribution < -0.4 is 5.32 Å². The number of phenolic OH excluding ortho intramolecular Hbond substituents is 1. The van der Waals surface area contributed by atoms with Gasteiger partial charge in [0.15, 0.2) is 5.50 Å². The van der Waals surface area contributed by atoms with Gasteiger partial charge in [-0.3, -0.25) is 4.79 Å². The average molecular weight is 395 g/mol. The van der Waals surface area contributed by atoms with Crippen molar-refractivity contribution in [3.63, 3.8) is 0 Å². The van der Waals surface area contributed by atoms with Crippen molar-refractivity contribution < 1.29 is 9.90 Å². The largest absolute Gasteiger partial charge is 0.508 e. The Bertz CT molecular complexity index is 868. The van der Waals surface area contributed by atoms with Gasteiger partial charge >= 0.3 is 0 Å². The molecule has 1 amide bonds. The molecule has 2 fully saturated rings. The summed E-state index contributed by atoms with van der Waals surface area (Å²) in [7, 11) is 0. The molecule has 5 heteroatoms. The van der Waals surface area contributed by atoms with Crippen LogP contribution in [0, 0.1) is 5.92 Å². The number of amides is 1. The number of hydrogen-bond acceptors (Lipinski definition) is 4. The van der Waals surface area contributed by atoms with Crippen LogP contribution in [0.25, 0.3) is 6.08 Å². The Balaban J connectivity index is 1.64. The number of para-hydroxylation sites is 1. The van der Waals surface area contributed by atoms with Gasteiger partial charge in [0.2, 0.25) is 0 Å². The summed E-state index contributed by atoms with van der Waals surface area (Å²) in [5.74, 6) is 0.792. The van der Waals surface area contributed by atoms with Gasteiger partial charge in [-0.15, -0.1) is 0 Å². The Kier molecular flexibility index (Phi) is 5.62. The van der Waals surface area contributed by atoms with E-state index in [0.717, 1.165) is 22.6 Å². The van der Waals surface area contributed by atoms with Crippen molar-refractivity contribution in [2.45, 2.75) is 44.1 Å². The Hall–Kier alpha value is -2.40. The second-order valence-corrected chi connectivity index (χ2v) is 8.75. The first-order valence-corrected chi connectivity index (χ1v) is 10.8. The number of carbonyl (C=O) groups is 1. The number of nitrogens with zero attached hydrogens (tertiary/aromatic N) is 1. The molecule has 0 radical (unpaired) electrons. The van der Waals surface area contributed by atoms with Crippen molar-refractivity contribution in [2.24, 2.45) is 5.92 Å². The fraction of sp³-hybridized carbons (Fsp3) is 0.348. The van der Waals surface area contributed by atoms with Crippen LogP contribution >= 0.6 is 11.8 Å². The topological polar surface area (TPSA) is 52.6 Å². The molecule has 1 saturated heterocycles. The van der Waals surface area contributed by atoms with E-state index >= 15 is 0 Å². The highest BCUT2D eigenvalue weighted by atomic mass is 32.2. The molecule has 1 aliphatic carbocycles. The van der Waals surface area contributed by atoms with Crippen LogP contribution in [0.1, 0.15) is 38.2 Å². The number of nitrogens with one attached hydrogen (secondary N) is 1. The first-order chi connectivity index (χ1) is 13.6. The molecule has 2 N–H and O–H groups in total. The molecule has 0 aromatic heterocycles. The van der Waals surface area contributed by atoms with Crippen molar-refractivity contribution in [3.8, 4) is 5.75 Å². The van der Waals surface area contributed by atoms with E-state index in [-0.39, 0.29) is 23.2 Å². The van der Waals surface area contributed by atoms with Crippen LogP contribution in [0.2, 0.25) is 0 Å².